The summed E-state index contributed by atoms with van der Waals surface area (Å²) in [5.74, 6) is 0.370. The second-order valence-corrected chi connectivity index (χ2v) is 7.87. The van der Waals surface area contributed by atoms with Crippen LogP contribution in [0.5, 0.6) is 0 Å². The van der Waals surface area contributed by atoms with Gasteiger partial charge >= 0.3 is 0 Å². The number of rotatable bonds is 2. The lowest BCUT2D eigenvalue weighted by atomic mass is 10.00. The van der Waals surface area contributed by atoms with Crippen LogP contribution in [0, 0.1) is 0 Å². The van der Waals surface area contributed by atoms with Crippen LogP contribution in [0.3, 0.4) is 0 Å². The quantitative estimate of drug-likeness (QED) is 0.538. The number of fused-ring (bicyclic) bond motifs is 4. The topological polar surface area (TPSA) is 49.0 Å². The van der Waals surface area contributed by atoms with Gasteiger partial charge in [0, 0.05) is 52.8 Å². The average Bonchev–Trinajstić information content (AvgIpc) is 3.10. The zero-order valence-electron chi connectivity index (χ0n) is 16.2. The SMILES string of the molecule is CC(C)c1cc(C(=O)N2CCc3[nH]c4ccccc4c3C2)c2ccccc2n1. The van der Waals surface area contributed by atoms with Crippen LogP contribution < -0.4 is 0 Å². The predicted molar refractivity (Wildman–Crippen MR) is 113 cm³/mol. The Bertz CT molecular complexity index is 1210. The molecule has 1 amide bonds. The molecule has 0 fully saturated rings. The molecule has 4 heteroatoms. The van der Waals surface area contributed by atoms with Gasteiger partial charge in [-0.25, -0.2) is 0 Å². The monoisotopic (exact) mass is 369 g/mol. The minimum Gasteiger partial charge on any atom is -0.358 e. The van der Waals surface area contributed by atoms with Gasteiger partial charge < -0.3 is 9.88 Å². The van der Waals surface area contributed by atoms with Crippen molar-refractivity contribution in [2.75, 3.05) is 6.54 Å². The van der Waals surface area contributed by atoms with Crippen molar-refractivity contribution in [2.24, 2.45) is 0 Å². The van der Waals surface area contributed by atoms with E-state index in [1.54, 1.807) is 0 Å². The van der Waals surface area contributed by atoms with Crippen molar-refractivity contribution in [3.63, 3.8) is 0 Å². The standard InChI is InChI=1S/C24H23N3O/c1-15(2)23-13-18(16-7-3-5-9-20(16)26-23)24(28)27-12-11-22-19(14-27)17-8-4-6-10-21(17)25-22/h3-10,13,15,25H,11-12,14H2,1-2H3. The molecule has 28 heavy (non-hydrogen) atoms. The van der Waals surface area contributed by atoms with E-state index in [0.29, 0.717) is 6.54 Å². The summed E-state index contributed by atoms with van der Waals surface area (Å²) in [7, 11) is 0. The first-order valence-electron chi connectivity index (χ1n) is 9.89. The maximum Gasteiger partial charge on any atom is 0.254 e. The zero-order valence-corrected chi connectivity index (χ0v) is 16.2. The van der Waals surface area contributed by atoms with Crippen molar-refractivity contribution >= 4 is 27.7 Å². The van der Waals surface area contributed by atoms with Crippen molar-refractivity contribution in [2.45, 2.75) is 32.7 Å². The number of carbonyl (C=O) groups excluding carboxylic acids is 1. The first-order chi connectivity index (χ1) is 13.6. The number of aromatic amines is 1. The molecule has 140 valence electrons. The predicted octanol–water partition coefficient (Wildman–Crippen LogP) is 5.04. The summed E-state index contributed by atoms with van der Waals surface area (Å²) < 4.78 is 0. The Kier molecular flexibility index (Phi) is 3.93. The molecule has 0 bridgehead atoms. The molecule has 5 rings (SSSR count). The molecule has 2 aromatic carbocycles. The van der Waals surface area contributed by atoms with Crippen LogP contribution in [-0.2, 0) is 13.0 Å². The number of benzene rings is 2. The van der Waals surface area contributed by atoms with Crippen molar-refractivity contribution < 1.29 is 4.79 Å². The molecule has 0 saturated heterocycles. The van der Waals surface area contributed by atoms with E-state index >= 15 is 0 Å². The number of hydrogen-bond acceptors (Lipinski definition) is 2. The molecule has 2 aromatic heterocycles. The van der Waals surface area contributed by atoms with Gasteiger partial charge in [0.15, 0.2) is 0 Å². The number of carbonyl (C=O) groups is 1. The third-order valence-electron chi connectivity index (χ3n) is 5.73. The largest absolute Gasteiger partial charge is 0.358 e. The number of para-hydroxylation sites is 2. The Morgan fingerprint density at radius 1 is 1.07 bits per heavy atom. The zero-order chi connectivity index (χ0) is 19.3. The molecule has 0 spiro atoms. The number of hydrogen-bond donors (Lipinski definition) is 1. The van der Waals surface area contributed by atoms with Gasteiger partial charge in [-0.2, -0.15) is 0 Å². The molecule has 4 nitrogen and oxygen atoms in total. The molecule has 4 aromatic rings. The summed E-state index contributed by atoms with van der Waals surface area (Å²) in [6, 6.07) is 18.3. The van der Waals surface area contributed by atoms with Crippen LogP contribution >= 0.6 is 0 Å². The minimum absolute atomic E-state index is 0.0939. The lowest BCUT2D eigenvalue weighted by molar-refractivity contribution is 0.0737. The summed E-state index contributed by atoms with van der Waals surface area (Å²) in [4.78, 5) is 23.8. The Hall–Kier alpha value is -3.14. The van der Waals surface area contributed by atoms with Crippen LogP contribution in [0.2, 0.25) is 0 Å². The fourth-order valence-electron chi connectivity index (χ4n) is 4.18. The minimum atomic E-state index is 0.0939. The average molecular weight is 369 g/mol. The van der Waals surface area contributed by atoms with Crippen molar-refractivity contribution in [3.8, 4) is 0 Å². The Balaban J connectivity index is 1.57. The number of nitrogens with zero attached hydrogens (tertiary/aromatic N) is 2. The highest BCUT2D eigenvalue weighted by atomic mass is 16.2. The smallest absolute Gasteiger partial charge is 0.254 e. The number of pyridine rings is 1. The van der Waals surface area contributed by atoms with E-state index in [0.717, 1.165) is 40.6 Å². The highest BCUT2D eigenvalue weighted by Crippen LogP contribution is 2.30. The highest BCUT2D eigenvalue weighted by Gasteiger charge is 2.26. The van der Waals surface area contributed by atoms with E-state index in [2.05, 4.69) is 37.0 Å². The summed E-state index contributed by atoms with van der Waals surface area (Å²) in [6.07, 6.45) is 0.857. The lowest BCUT2D eigenvalue weighted by Gasteiger charge is -2.28. The lowest BCUT2D eigenvalue weighted by Crippen LogP contribution is -2.36. The second-order valence-electron chi connectivity index (χ2n) is 7.87. The second kappa shape index (κ2) is 6.48. The van der Waals surface area contributed by atoms with Crippen LogP contribution in [0.15, 0.2) is 54.6 Å². The van der Waals surface area contributed by atoms with Gasteiger partial charge in [0.05, 0.1) is 11.1 Å². The summed E-state index contributed by atoms with van der Waals surface area (Å²) in [5, 5.41) is 2.15. The first kappa shape index (κ1) is 17.0. The van der Waals surface area contributed by atoms with Crippen LogP contribution in [-0.4, -0.2) is 27.3 Å². The van der Waals surface area contributed by atoms with Gasteiger partial charge in [0.25, 0.3) is 5.91 Å². The maximum atomic E-state index is 13.5. The van der Waals surface area contributed by atoms with Crippen LogP contribution in [0.1, 0.15) is 47.1 Å². The Labute approximate surface area is 164 Å². The van der Waals surface area contributed by atoms with Crippen LogP contribution in [0.25, 0.3) is 21.8 Å². The Morgan fingerprint density at radius 3 is 2.64 bits per heavy atom. The van der Waals surface area contributed by atoms with Crippen molar-refractivity contribution in [3.05, 3.63) is 77.1 Å². The molecule has 0 unspecified atom stereocenters. The normalized spacial score (nSPS) is 14.0. The molecule has 1 aliphatic heterocycles. The third-order valence-corrected chi connectivity index (χ3v) is 5.73. The van der Waals surface area contributed by atoms with E-state index in [9.17, 15) is 4.79 Å². The molecule has 3 heterocycles. The molecule has 1 N–H and O–H groups in total. The summed E-state index contributed by atoms with van der Waals surface area (Å²) >= 11 is 0. The number of aromatic nitrogens is 2. The number of H-pyrrole nitrogens is 1. The maximum absolute atomic E-state index is 13.5. The van der Waals surface area contributed by atoms with Crippen molar-refractivity contribution in [1.82, 2.24) is 14.9 Å². The summed E-state index contributed by atoms with van der Waals surface area (Å²) in [6.45, 7) is 5.60. The first-order valence-corrected chi connectivity index (χ1v) is 9.89. The van der Waals surface area contributed by atoms with Gasteiger partial charge in [0.2, 0.25) is 0 Å². The van der Waals surface area contributed by atoms with E-state index in [1.165, 1.54) is 16.6 Å². The van der Waals surface area contributed by atoms with Gasteiger partial charge in [-0.15, -0.1) is 0 Å². The fourth-order valence-corrected chi connectivity index (χ4v) is 4.18. The highest BCUT2D eigenvalue weighted by molar-refractivity contribution is 6.06. The van der Waals surface area contributed by atoms with Gasteiger partial charge in [-0.1, -0.05) is 50.2 Å². The van der Waals surface area contributed by atoms with Crippen LogP contribution in [0.4, 0.5) is 0 Å². The fraction of sp³-hybridized carbons (Fsp3) is 0.250. The molecule has 0 radical (unpaired) electrons. The Morgan fingerprint density at radius 2 is 1.82 bits per heavy atom. The van der Waals surface area contributed by atoms with E-state index in [1.807, 2.05) is 41.3 Å². The van der Waals surface area contributed by atoms with Gasteiger partial charge in [-0.05, 0) is 24.1 Å². The molecule has 0 saturated carbocycles. The van der Waals surface area contributed by atoms with E-state index in [4.69, 9.17) is 4.98 Å². The molecule has 1 aliphatic rings. The molecule has 0 atom stereocenters. The number of amides is 1. The molecular formula is C24H23N3O. The van der Waals surface area contributed by atoms with Gasteiger partial charge in [-0.3, -0.25) is 9.78 Å². The summed E-state index contributed by atoms with van der Waals surface area (Å²) in [5.41, 5.74) is 6.27. The van der Waals surface area contributed by atoms with E-state index in [-0.39, 0.29) is 11.8 Å². The molecule has 0 aliphatic carbocycles. The number of nitrogens with one attached hydrogen (secondary N) is 1. The third kappa shape index (κ3) is 2.68. The molecular weight excluding hydrogens is 346 g/mol. The van der Waals surface area contributed by atoms with E-state index < -0.39 is 0 Å². The van der Waals surface area contributed by atoms with Gasteiger partial charge in [0.1, 0.15) is 0 Å². The van der Waals surface area contributed by atoms with Crippen molar-refractivity contribution in [1.29, 1.82) is 0 Å².